The summed E-state index contributed by atoms with van der Waals surface area (Å²) in [5.41, 5.74) is 7.08. The first-order valence-corrected chi connectivity index (χ1v) is 7.59. The van der Waals surface area contributed by atoms with Crippen molar-refractivity contribution in [1.29, 1.82) is 0 Å². The van der Waals surface area contributed by atoms with E-state index in [-0.39, 0.29) is 11.9 Å². The van der Waals surface area contributed by atoms with Gasteiger partial charge in [0.1, 0.15) is 5.75 Å². The van der Waals surface area contributed by atoms with Crippen molar-refractivity contribution < 1.29 is 9.53 Å². The Morgan fingerprint density at radius 2 is 1.86 bits per heavy atom. The van der Waals surface area contributed by atoms with Crippen molar-refractivity contribution in [1.82, 2.24) is 4.90 Å². The van der Waals surface area contributed by atoms with Gasteiger partial charge in [-0.15, -0.1) is 0 Å². The quantitative estimate of drug-likeness (QED) is 0.892. The Labute approximate surface area is 126 Å². The Morgan fingerprint density at radius 3 is 2.38 bits per heavy atom. The lowest BCUT2D eigenvalue weighted by atomic mass is 10.1. The molecule has 1 aliphatic heterocycles. The van der Waals surface area contributed by atoms with Crippen LogP contribution < -0.4 is 15.4 Å². The van der Waals surface area contributed by atoms with Crippen LogP contribution in [0.5, 0.6) is 5.75 Å². The predicted octanol–water partition coefficient (Wildman–Crippen LogP) is 1.47. The Morgan fingerprint density at radius 1 is 1.24 bits per heavy atom. The number of hydrogen-bond donors (Lipinski definition) is 1. The molecule has 21 heavy (non-hydrogen) atoms. The summed E-state index contributed by atoms with van der Waals surface area (Å²) in [5.74, 6) is 0.948. The number of rotatable bonds is 5. The van der Waals surface area contributed by atoms with Crippen molar-refractivity contribution in [3.8, 4) is 5.75 Å². The molecule has 0 spiro atoms. The molecule has 2 rings (SSSR count). The molecule has 1 aromatic rings. The highest BCUT2D eigenvalue weighted by molar-refractivity contribution is 5.81. The van der Waals surface area contributed by atoms with Crippen molar-refractivity contribution in [3.05, 3.63) is 24.3 Å². The van der Waals surface area contributed by atoms with Crippen LogP contribution in [-0.2, 0) is 4.79 Å². The molecule has 1 saturated heterocycles. The maximum absolute atomic E-state index is 12.2. The van der Waals surface area contributed by atoms with Gasteiger partial charge in [-0.3, -0.25) is 4.79 Å². The number of ether oxygens (including phenoxy) is 1. The van der Waals surface area contributed by atoms with E-state index in [1.54, 1.807) is 7.11 Å². The van der Waals surface area contributed by atoms with Crippen LogP contribution in [0.4, 0.5) is 5.69 Å². The molecule has 1 atom stereocenters. The zero-order chi connectivity index (χ0) is 15.2. The minimum absolute atomic E-state index is 0.0891. The maximum atomic E-state index is 12.2. The van der Waals surface area contributed by atoms with Gasteiger partial charge in [0.2, 0.25) is 5.91 Å². The summed E-state index contributed by atoms with van der Waals surface area (Å²) in [6, 6.07) is 7.69. The molecule has 1 aliphatic rings. The SMILES string of the molecule is CCC[C@H](N)C(=O)N1CCN(c2ccc(OC)cc2)CC1. The number of carbonyl (C=O) groups is 1. The first-order chi connectivity index (χ1) is 10.2. The number of methoxy groups -OCH3 is 1. The zero-order valence-corrected chi connectivity index (χ0v) is 12.9. The minimum Gasteiger partial charge on any atom is -0.497 e. The van der Waals surface area contributed by atoms with E-state index in [0.29, 0.717) is 0 Å². The molecular weight excluding hydrogens is 266 g/mol. The monoisotopic (exact) mass is 291 g/mol. The predicted molar refractivity (Wildman–Crippen MR) is 84.7 cm³/mol. The van der Waals surface area contributed by atoms with Crippen LogP contribution in [0.15, 0.2) is 24.3 Å². The second-order valence-electron chi connectivity index (χ2n) is 5.41. The fourth-order valence-corrected chi connectivity index (χ4v) is 2.65. The highest BCUT2D eigenvalue weighted by Gasteiger charge is 2.24. The van der Waals surface area contributed by atoms with E-state index < -0.39 is 0 Å². The zero-order valence-electron chi connectivity index (χ0n) is 12.9. The minimum atomic E-state index is -0.345. The van der Waals surface area contributed by atoms with E-state index in [1.165, 1.54) is 5.69 Å². The maximum Gasteiger partial charge on any atom is 0.239 e. The average Bonchev–Trinajstić information content (AvgIpc) is 2.54. The normalized spacial score (nSPS) is 16.7. The third-order valence-electron chi connectivity index (χ3n) is 3.95. The Kier molecular flexibility index (Phi) is 5.44. The van der Waals surface area contributed by atoms with Gasteiger partial charge in [0.15, 0.2) is 0 Å². The van der Waals surface area contributed by atoms with Gasteiger partial charge in [-0.05, 0) is 30.7 Å². The van der Waals surface area contributed by atoms with Gasteiger partial charge < -0.3 is 20.3 Å². The molecule has 0 aliphatic carbocycles. The second kappa shape index (κ2) is 7.31. The van der Waals surface area contributed by atoms with Gasteiger partial charge in [0.05, 0.1) is 13.2 Å². The lowest BCUT2D eigenvalue weighted by Crippen LogP contribution is -2.53. The number of anilines is 1. The van der Waals surface area contributed by atoms with Gasteiger partial charge in [0.25, 0.3) is 0 Å². The molecule has 1 amide bonds. The Hall–Kier alpha value is -1.75. The van der Waals surface area contributed by atoms with E-state index in [4.69, 9.17) is 10.5 Å². The highest BCUT2D eigenvalue weighted by atomic mass is 16.5. The number of hydrogen-bond acceptors (Lipinski definition) is 4. The third kappa shape index (κ3) is 3.88. The largest absolute Gasteiger partial charge is 0.497 e. The summed E-state index contributed by atoms with van der Waals surface area (Å²) in [6.45, 7) is 5.22. The van der Waals surface area contributed by atoms with Gasteiger partial charge >= 0.3 is 0 Å². The molecule has 2 N–H and O–H groups in total. The number of nitrogens with two attached hydrogens (primary N) is 1. The number of piperazine rings is 1. The molecule has 1 fully saturated rings. The van der Waals surface area contributed by atoms with E-state index in [9.17, 15) is 4.79 Å². The van der Waals surface area contributed by atoms with E-state index >= 15 is 0 Å². The number of carbonyl (C=O) groups excluding carboxylic acids is 1. The summed E-state index contributed by atoms with van der Waals surface area (Å²) in [6.07, 6.45) is 1.70. The first-order valence-electron chi connectivity index (χ1n) is 7.59. The van der Waals surface area contributed by atoms with E-state index in [2.05, 4.69) is 24.0 Å². The number of benzene rings is 1. The summed E-state index contributed by atoms with van der Waals surface area (Å²) >= 11 is 0. The van der Waals surface area contributed by atoms with E-state index in [0.717, 1.165) is 44.8 Å². The second-order valence-corrected chi connectivity index (χ2v) is 5.41. The third-order valence-corrected chi connectivity index (χ3v) is 3.95. The van der Waals surface area contributed by atoms with Crippen molar-refractivity contribution >= 4 is 11.6 Å². The van der Waals surface area contributed by atoms with Crippen LogP contribution in [-0.4, -0.2) is 50.1 Å². The Bertz CT molecular complexity index is 453. The number of amides is 1. The Balaban J connectivity index is 1.89. The number of nitrogens with zero attached hydrogens (tertiary/aromatic N) is 2. The molecule has 0 unspecified atom stereocenters. The van der Waals surface area contributed by atoms with Crippen LogP contribution in [0, 0.1) is 0 Å². The highest BCUT2D eigenvalue weighted by Crippen LogP contribution is 2.20. The van der Waals surface area contributed by atoms with Crippen molar-refractivity contribution in [3.63, 3.8) is 0 Å². The standard InChI is InChI=1S/C16H25N3O2/c1-3-4-15(17)16(20)19-11-9-18(10-12-19)13-5-7-14(21-2)8-6-13/h5-8,15H,3-4,9-12,17H2,1-2H3/t15-/m0/s1. The summed E-state index contributed by atoms with van der Waals surface area (Å²) in [4.78, 5) is 16.4. The van der Waals surface area contributed by atoms with Crippen LogP contribution >= 0.6 is 0 Å². The first kappa shape index (κ1) is 15.6. The average molecular weight is 291 g/mol. The topological polar surface area (TPSA) is 58.8 Å². The van der Waals surface area contributed by atoms with Gasteiger partial charge in [0, 0.05) is 31.9 Å². The molecule has 0 radical (unpaired) electrons. The summed E-state index contributed by atoms with van der Waals surface area (Å²) < 4.78 is 5.17. The molecule has 0 aromatic heterocycles. The molecule has 0 bridgehead atoms. The lowest BCUT2D eigenvalue weighted by Gasteiger charge is -2.37. The van der Waals surface area contributed by atoms with E-state index in [1.807, 2.05) is 17.0 Å². The van der Waals surface area contributed by atoms with Gasteiger partial charge in [-0.1, -0.05) is 13.3 Å². The van der Waals surface area contributed by atoms with Crippen LogP contribution in [0.25, 0.3) is 0 Å². The molecule has 5 nitrogen and oxygen atoms in total. The fraction of sp³-hybridized carbons (Fsp3) is 0.562. The van der Waals surface area contributed by atoms with Crippen molar-refractivity contribution in [2.45, 2.75) is 25.8 Å². The van der Waals surface area contributed by atoms with Gasteiger partial charge in [-0.2, -0.15) is 0 Å². The molecule has 1 aromatic carbocycles. The molecular formula is C16H25N3O2. The lowest BCUT2D eigenvalue weighted by molar-refractivity contribution is -0.133. The van der Waals surface area contributed by atoms with Gasteiger partial charge in [-0.25, -0.2) is 0 Å². The molecule has 1 heterocycles. The van der Waals surface area contributed by atoms with Crippen LogP contribution in [0.2, 0.25) is 0 Å². The summed E-state index contributed by atoms with van der Waals surface area (Å²) in [7, 11) is 1.67. The van der Waals surface area contributed by atoms with Crippen molar-refractivity contribution in [2.24, 2.45) is 5.73 Å². The van der Waals surface area contributed by atoms with Crippen LogP contribution in [0.3, 0.4) is 0 Å². The smallest absolute Gasteiger partial charge is 0.239 e. The molecule has 5 heteroatoms. The van der Waals surface area contributed by atoms with Crippen molar-refractivity contribution in [2.75, 3.05) is 38.2 Å². The fourth-order valence-electron chi connectivity index (χ4n) is 2.65. The molecule has 0 saturated carbocycles. The van der Waals surface area contributed by atoms with Crippen LogP contribution in [0.1, 0.15) is 19.8 Å². The molecule has 116 valence electrons. The summed E-state index contributed by atoms with van der Waals surface area (Å²) in [5, 5.41) is 0.